The van der Waals surface area contributed by atoms with Crippen molar-refractivity contribution in [2.45, 2.75) is 57.0 Å². The Labute approximate surface area is 126 Å². The normalized spacial score (nSPS) is 18.2. The van der Waals surface area contributed by atoms with E-state index in [0.29, 0.717) is 12.2 Å². The number of aliphatic hydroxyl groups is 1. The van der Waals surface area contributed by atoms with Gasteiger partial charge in [0.2, 0.25) is 5.91 Å². The fourth-order valence-corrected chi connectivity index (χ4v) is 2.88. The summed E-state index contributed by atoms with van der Waals surface area (Å²) in [6.45, 7) is 4.11. The molecule has 0 aromatic heterocycles. The summed E-state index contributed by atoms with van der Waals surface area (Å²) in [5, 5.41) is 13.4. The van der Waals surface area contributed by atoms with Crippen LogP contribution in [0.2, 0.25) is 0 Å². The fourth-order valence-electron chi connectivity index (χ4n) is 2.88. The smallest absolute Gasteiger partial charge is 0.230 e. The van der Waals surface area contributed by atoms with Crippen LogP contribution in [0.15, 0.2) is 24.3 Å². The molecule has 4 heteroatoms. The van der Waals surface area contributed by atoms with Gasteiger partial charge in [-0.25, -0.2) is 0 Å². The number of carbonyl (C=O) groups is 1. The van der Waals surface area contributed by atoms with Gasteiger partial charge < -0.3 is 16.2 Å². The Hall–Kier alpha value is -1.55. The van der Waals surface area contributed by atoms with E-state index in [4.69, 9.17) is 5.73 Å². The second-order valence-corrected chi connectivity index (χ2v) is 6.71. The van der Waals surface area contributed by atoms with Gasteiger partial charge in [-0.1, -0.05) is 31.4 Å². The van der Waals surface area contributed by atoms with Gasteiger partial charge in [0, 0.05) is 12.2 Å². The molecule has 1 aliphatic rings. The lowest BCUT2D eigenvalue weighted by Gasteiger charge is -2.33. The zero-order chi connectivity index (χ0) is 15.5. The van der Waals surface area contributed by atoms with Crippen LogP contribution in [0.25, 0.3) is 0 Å². The molecule has 4 N–H and O–H groups in total. The van der Waals surface area contributed by atoms with Gasteiger partial charge in [-0.3, -0.25) is 4.79 Å². The summed E-state index contributed by atoms with van der Waals surface area (Å²) in [5.41, 5.74) is 5.92. The van der Waals surface area contributed by atoms with Crippen molar-refractivity contribution < 1.29 is 9.90 Å². The van der Waals surface area contributed by atoms with Crippen LogP contribution in [-0.2, 0) is 10.2 Å². The molecular formula is C17H26N2O2. The Morgan fingerprint density at radius 1 is 1.24 bits per heavy atom. The molecular weight excluding hydrogens is 264 g/mol. The highest BCUT2D eigenvalue weighted by atomic mass is 16.3. The van der Waals surface area contributed by atoms with E-state index >= 15 is 0 Å². The van der Waals surface area contributed by atoms with Crippen LogP contribution in [0, 0.1) is 0 Å². The van der Waals surface area contributed by atoms with Crippen LogP contribution in [0.4, 0.5) is 5.69 Å². The standard InChI is InChI=1S/C17H26N2O2/c1-16(2,13-6-8-14(18)9-7-13)15(20)19-12-17(21)10-4-3-5-11-17/h6-9,21H,3-5,10-12,18H2,1-2H3,(H,19,20). The molecule has 1 saturated carbocycles. The highest BCUT2D eigenvalue weighted by Crippen LogP contribution is 2.28. The zero-order valence-electron chi connectivity index (χ0n) is 13.0. The highest BCUT2D eigenvalue weighted by molar-refractivity contribution is 5.87. The first-order valence-corrected chi connectivity index (χ1v) is 7.70. The quantitative estimate of drug-likeness (QED) is 0.745. The molecule has 0 bridgehead atoms. The summed E-state index contributed by atoms with van der Waals surface area (Å²) in [5.74, 6) is -0.0636. The molecule has 0 aliphatic heterocycles. The maximum atomic E-state index is 12.5. The van der Waals surface area contributed by atoms with Crippen molar-refractivity contribution in [2.24, 2.45) is 0 Å². The van der Waals surface area contributed by atoms with Gasteiger partial charge in [-0.15, -0.1) is 0 Å². The molecule has 1 aromatic rings. The third-order valence-corrected chi connectivity index (χ3v) is 4.56. The number of nitrogens with one attached hydrogen (secondary N) is 1. The van der Waals surface area contributed by atoms with Crippen molar-refractivity contribution in [3.05, 3.63) is 29.8 Å². The van der Waals surface area contributed by atoms with Gasteiger partial charge in [0.1, 0.15) is 0 Å². The van der Waals surface area contributed by atoms with Crippen molar-refractivity contribution in [1.82, 2.24) is 5.32 Å². The molecule has 0 saturated heterocycles. The molecule has 116 valence electrons. The third kappa shape index (κ3) is 3.76. The van der Waals surface area contributed by atoms with E-state index in [9.17, 15) is 9.90 Å². The van der Waals surface area contributed by atoms with E-state index in [0.717, 1.165) is 31.2 Å². The number of anilines is 1. The fraction of sp³-hybridized carbons (Fsp3) is 0.588. The summed E-state index contributed by atoms with van der Waals surface area (Å²) in [7, 11) is 0. The van der Waals surface area contributed by atoms with Crippen LogP contribution < -0.4 is 11.1 Å². The van der Waals surface area contributed by atoms with Crippen LogP contribution in [0.3, 0.4) is 0 Å². The van der Waals surface area contributed by atoms with Crippen molar-refractivity contribution in [3.63, 3.8) is 0 Å². The molecule has 1 aromatic carbocycles. The molecule has 0 unspecified atom stereocenters. The third-order valence-electron chi connectivity index (χ3n) is 4.56. The summed E-state index contributed by atoms with van der Waals surface area (Å²) in [6, 6.07) is 7.37. The van der Waals surface area contributed by atoms with E-state index in [2.05, 4.69) is 5.32 Å². The monoisotopic (exact) mass is 290 g/mol. The van der Waals surface area contributed by atoms with Crippen LogP contribution in [0.1, 0.15) is 51.5 Å². The number of carbonyl (C=O) groups excluding carboxylic acids is 1. The van der Waals surface area contributed by atoms with Gasteiger partial charge >= 0.3 is 0 Å². The first kappa shape index (κ1) is 15.8. The Kier molecular flexibility index (Phi) is 4.57. The van der Waals surface area contributed by atoms with E-state index in [1.54, 1.807) is 12.1 Å². The topological polar surface area (TPSA) is 75.3 Å². The van der Waals surface area contributed by atoms with Crippen LogP contribution >= 0.6 is 0 Å². The van der Waals surface area contributed by atoms with Crippen molar-refractivity contribution in [3.8, 4) is 0 Å². The van der Waals surface area contributed by atoms with Gasteiger partial charge in [0.25, 0.3) is 0 Å². The average molecular weight is 290 g/mol. The predicted octanol–water partition coefficient (Wildman–Crippen LogP) is 2.36. The lowest BCUT2D eigenvalue weighted by Crippen LogP contribution is -2.48. The minimum absolute atomic E-state index is 0.0636. The molecule has 1 fully saturated rings. The van der Waals surface area contributed by atoms with Gasteiger partial charge in [-0.05, 0) is 44.4 Å². The summed E-state index contributed by atoms with van der Waals surface area (Å²) >= 11 is 0. The molecule has 0 spiro atoms. The first-order chi connectivity index (χ1) is 9.83. The Morgan fingerprint density at radius 3 is 2.38 bits per heavy atom. The minimum atomic E-state index is -0.731. The molecule has 1 aliphatic carbocycles. The van der Waals surface area contributed by atoms with Crippen molar-refractivity contribution in [2.75, 3.05) is 12.3 Å². The van der Waals surface area contributed by atoms with E-state index in [-0.39, 0.29) is 5.91 Å². The molecule has 4 nitrogen and oxygen atoms in total. The molecule has 21 heavy (non-hydrogen) atoms. The Bertz CT molecular complexity index is 488. The number of nitrogen functional groups attached to an aromatic ring is 1. The highest BCUT2D eigenvalue weighted by Gasteiger charge is 2.34. The number of hydrogen-bond donors (Lipinski definition) is 3. The number of amides is 1. The minimum Gasteiger partial charge on any atom is -0.399 e. The second-order valence-electron chi connectivity index (χ2n) is 6.71. The Balaban J connectivity index is 1.99. The molecule has 0 atom stereocenters. The summed E-state index contributed by atoms with van der Waals surface area (Å²) in [4.78, 5) is 12.5. The Morgan fingerprint density at radius 2 is 1.81 bits per heavy atom. The average Bonchev–Trinajstić information content (AvgIpc) is 2.46. The predicted molar refractivity (Wildman–Crippen MR) is 84.9 cm³/mol. The summed E-state index contributed by atoms with van der Waals surface area (Å²) in [6.07, 6.45) is 4.79. The number of benzene rings is 1. The first-order valence-electron chi connectivity index (χ1n) is 7.70. The van der Waals surface area contributed by atoms with Gasteiger partial charge in [0.15, 0.2) is 0 Å². The lowest BCUT2D eigenvalue weighted by molar-refractivity contribution is -0.127. The molecule has 0 heterocycles. The van der Waals surface area contributed by atoms with Crippen molar-refractivity contribution in [1.29, 1.82) is 0 Å². The second kappa shape index (κ2) is 6.06. The van der Waals surface area contributed by atoms with E-state index in [1.807, 2.05) is 26.0 Å². The lowest BCUT2D eigenvalue weighted by atomic mass is 9.82. The zero-order valence-corrected chi connectivity index (χ0v) is 13.0. The summed E-state index contributed by atoms with van der Waals surface area (Å²) < 4.78 is 0. The van der Waals surface area contributed by atoms with Crippen LogP contribution in [-0.4, -0.2) is 23.2 Å². The van der Waals surface area contributed by atoms with Crippen molar-refractivity contribution >= 4 is 11.6 Å². The SMILES string of the molecule is CC(C)(C(=O)NCC1(O)CCCCC1)c1ccc(N)cc1. The number of hydrogen-bond acceptors (Lipinski definition) is 3. The van der Waals surface area contributed by atoms with E-state index < -0.39 is 11.0 Å². The van der Waals surface area contributed by atoms with E-state index in [1.165, 1.54) is 6.42 Å². The molecule has 0 radical (unpaired) electrons. The van der Waals surface area contributed by atoms with Gasteiger partial charge in [-0.2, -0.15) is 0 Å². The number of rotatable bonds is 4. The van der Waals surface area contributed by atoms with Crippen LogP contribution in [0.5, 0.6) is 0 Å². The maximum Gasteiger partial charge on any atom is 0.230 e. The maximum absolute atomic E-state index is 12.5. The molecule has 1 amide bonds. The molecule has 2 rings (SSSR count). The van der Waals surface area contributed by atoms with Gasteiger partial charge in [0.05, 0.1) is 11.0 Å². The number of nitrogens with two attached hydrogens (primary N) is 1. The largest absolute Gasteiger partial charge is 0.399 e.